The van der Waals surface area contributed by atoms with Gasteiger partial charge in [0, 0.05) is 36.2 Å². The van der Waals surface area contributed by atoms with E-state index >= 15 is 0 Å². The van der Waals surface area contributed by atoms with Crippen molar-refractivity contribution in [2.75, 3.05) is 27.6 Å². The molecule has 0 radical (unpaired) electrons. The largest absolute Gasteiger partial charge is 0.493 e. The summed E-state index contributed by atoms with van der Waals surface area (Å²) in [5.41, 5.74) is 6.75. The Kier molecular flexibility index (Phi) is 7.26. The molecule has 32 heavy (non-hydrogen) atoms. The monoisotopic (exact) mass is 437 g/mol. The quantitative estimate of drug-likeness (QED) is 0.268. The Balaban J connectivity index is 2.41. The first-order chi connectivity index (χ1) is 15.3. The number of aryl methyl sites for hydroxylation is 3. The molecular formula is C26H31NO5. The van der Waals surface area contributed by atoms with Gasteiger partial charge in [-0.3, -0.25) is 0 Å². The molecule has 0 aliphatic carbocycles. The summed E-state index contributed by atoms with van der Waals surface area (Å²) >= 11 is 0. The van der Waals surface area contributed by atoms with Crippen molar-refractivity contribution in [3.63, 3.8) is 0 Å². The number of esters is 1. The second kappa shape index (κ2) is 9.92. The first-order valence-corrected chi connectivity index (χ1v) is 10.6. The molecule has 3 aromatic rings. The second-order valence-corrected chi connectivity index (χ2v) is 7.67. The Morgan fingerprint density at radius 2 is 1.88 bits per heavy atom. The normalized spacial score (nSPS) is 11.7. The molecule has 2 aromatic carbocycles. The maximum Gasteiger partial charge on any atom is 0.333 e. The van der Waals surface area contributed by atoms with Crippen LogP contribution in [0.3, 0.4) is 0 Å². The fourth-order valence-corrected chi connectivity index (χ4v) is 4.12. The molecule has 0 spiro atoms. The SMILES string of the molecule is CCOC(=O)/C(C)=C/c1cc(OC)c(OCOC)c2c(C)c(-c3ccccc3C)n(C)c12. The molecule has 0 fully saturated rings. The zero-order valence-electron chi connectivity index (χ0n) is 19.9. The fourth-order valence-electron chi connectivity index (χ4n) is 4.12. The van der Waals surface area contributed by atoms with Crippen LogP contribution in [0.1, 0.15) is 30.5 Å². The average Bonchev–Trinajstić information content (AvgIpc) is 3.04. The Morgan fingerprint density at radius 1 is 1.16 bits per heavy atom. The van der Waals surface area contributed by atoms with E-state index in [1.54, 1.807) is 28.1 Å². The molecule has 0 N–H and O–H groups in total. The summed E-state index contributed by atoms with van der Waals surface area (Å²) in [7, 11) is 5.22. The highest BCUT2D eigenvalue weighted by molar-refractivity contribution is 6.04. The molecule has 0 aliphatic heterocycles. The minimum atomic E-state index is -0.343. The number of rotatable bonds is 8. The van der Waals surface area contributed by atoms with Gasteiger partial charge in [0.1, 0.15) is 0 Å². The number of nitrogens with zero attached hydrogens (tertiary/aromatic N) is 1. The third-order valence-electron chi connectivity index (χ3n) is 5.56. The Labute approximate surface area is 189 Å². The standard InChI is InChI=1S/C26H31NO5/c1-8-31-26(28)17(3)13-19-14-21(30-7)25(32-15-29-6)22-18(4)23(27(5)24(19)22)20-12-10-9-11-16(20)2/h9-14H,8,15H2,1-7H3/b17-13+. The van der Waals surface area contributed by atoms with E-state index in [1.807, 2.05) is 31.3 Å². The number of hydrogen-bond acceptors (Lipinski definition) is 5. The smallest absolute Gasteiger partial charge is 0.333 e. The van der Waals surface area contributed by atoms with Crippen LogP contribution in [0, 0.1) is 13.8 Å². The molecule has 0 amide bonds. The van der Waals surface area contributed by atoms with Crippen molar-refractivity contribution in [2.45, 2.75) is 27.7 Å². The molecule has 170 valence electrons. The summed E-state index contributed by atoms with van der Waals surface area (Å²) in [6.07, 6.45) is 1.84. The minimum absolute atomic E-state index is 0.0938. The van der Waals surface area contributed by atoms with Gasteiger partial charge in [-0.15, -0.1) is 0 Å². The fraction of sp³-hybridized carbons (Fsp3) is 0.346. The number of benzene rings is 2. The lowest BCUT2D eigenvalue weighted by Crippen LogP contribution is -2.05. The molecule has 6 nitrogen and oxygen atoms in total. The lowest BCUT2D eigenvalue weighted by molar-refractivity contribution is -0.138. The van der Waals surface area contributed by atoms with E-state index in [-0.39, 0.29) is 12.8 Å². The molecular weight excluding hydrogens is 406 g/mol. The number of fused-ring (bicyclic) bond motifs is 1. The maximum atomic E-state index is 12.3. The van der Waals surface area contributed by atoms with Crippen LogP contribution in [0.4, 0.5) is 0 Å². The highest BCUT2D eigenvalue weighted by Gasteiger charge is 2.24. The predicted molar refractivity (Wildman–Crippen MR) is 127 cm³/mol. The molecule has 0 atom stereocenters. The minimum Gasteiger partial charge on any atom is -0.493 e. The zero-order chi connectivity index (χ0) is 23.4. The van der Waals surface area contributed by atoms with Crippen LogP contribution in [0.2, 0.25) is 0 Å². The van der Waals surface area contributed by atoms with Gasteiger partial charge in [0.2, 0.25) is 0 Å². The second-order valence-electron chi connectivity index (χ2n) is 7.67. The van der Waals surface area contributed by atoms with Gasteiger partial charge in [0.05, 0.1) is 24.9 Å². The van der Waals surface area contributed by atoms with Gasteiger partial charge in [-0.05, 0) is 51.0 Å². The molecule has 0 saturated heterocycles. The molecule has 0 unspecified atom stereocenters. The lowest BCUT2D eigenvalue weighted by atomic mass is 10.0. The first kappa shape index (κ1) is 23.4. The summed E-state index contributed by atoms with van der Waals surface area (Å²) in [6, 6.07) is 10.2. The highest BCUT2D eigenvalue weighted by atomic mass is 16.7. The van der Waals surface area contributed by atoms with Gasteiger partial charge in [0.15, 0.2) is 18.3 Å². The van der Waals surface area contributed by atoms with Crippen molar-refractivity contribution in [3.8, 4) is 22.8 Å². The third-order valence-corrected chi connectivity index (χ3v) is 5.56. The summed E-state index contributed by atoms with van der Waals surface area (Å²) in [4.78, 5) is 12.3. The van der Waals surface area contributed by atoms with E-state index in [1.165, 1.54) is 5.56 Å². The first-order valence-electron chi connectivity index (χ1n) is 10.6. The Hall–Kier alpha value is -3.25. The van der Waals surface area contributed by atoms with Crippen molar-refractivity contribution >= 4 is 22.9 Å². The van der Waals surface area contributed by atoms with Crippen molar-refractivity contribution in [1.29, 1.82) is 0 Å². The maximum absolute atomic E-state index is 12.3. The number of carbonyl (C=O) groups is 1. The van der Waals surface area contributed by atoms with Gasteiger partial charge < -0.3 is 23.5 Å². The topological polar surface area (TPSA) is 58.9 Å². The van der Waals surface area contributed by atoms with Crippen molar-refractivity contribution < 1.29 is 23.7 Å². The summed E-state index contributed by atoms with van der Waals surface area (Å²) in [5, 5.41) is 0.921. The van der Waals surface area contributed by atoms with Crippen molar-refractivity contribution in [2.24, 2.45) is 7.05 Å². The average molecular weight is 438 g/mol. The van der Waals surface area contributed by atoms with Crippen LogP contribution in [0.25, 0.3) is 28.2 Å². The van der Waals surface area contributed by atoms with Crippen LogP contribution >= 0.6 is 0 Å². The van der Waals surface area contributed by atoms with Gasteiger partial charge in [-0.25, -0.2) is 4.79 Å². The van der Waals surface area contributed by atoms with Gasteiger partial charge in [-0.1, -0.05) is 24.3 Å². The zero-order valence-corrected chi connectivity index (χ0v) is 19.9. The molecule has 3 rings (SSSR count). The van der Waals surface area contributed by atoms with Crippen LogP contribution in [-0.4, -0.2) is 38.2 Å². The van der Waals surface area contributed by atoms with E-state index in [9.17, 15) is 4.79 Å². The Morgan fingerprint density at radius 3 is 2.50 bits per heavy atom. The predicted octanol–water partition coefficient (Wildman–Crippen LogP) is 5.42. The van der Waals surface area contributed by atoms with Crippen LogP contribution in [0.15, 0.2) is 35.9 Å². The highest BCUT2D eigenvalue weighted by Crippen LogP contribution is 2.45. The Bertz CT molecular complexity index is 1170. The van der Waals surface area contributed by atoms with Crippen LogP contribution in [-0.2, 0) is 21.3 Å². The summed E-state index contributed by atoms with van der Waals surface area (Å²) in [5.74, 6) is 0.843. The lowest BCUT2D eigenvalue weighted by Gasteiger charge is -2.15. The molecule has 0 aliphatic rings. The summed E-state index contributed by atoms with van der Waals surface area (Å²) < 4.78 is 24.2. The molecule has 1 aromatic heterocycles. The number of aromatic nitrogens is 1. The van der Waals surface area contributed by atoms with Gasteiger partial charge in [-0.2, -0.15) is 0 Å². The van der Waals surface area contributed by atoms with E-state index in [0.717, 1.165) is 33.3 Å². The molecule has 0 saturated carbocycles. The molecule has 1 heterocycles. The molecule has 6 heteroatoms. The number of hydrogen-bond donors (Lipinski definition) is 0. The molecule has 0 bridgehead atoms. The van der Waals surface area contributed by atoms with Gasteiger partial charge >= 0.3 is 5.97 Å². The number of ether oxygens (including phenoxy) is 4. The number of methoxy groups -OCH3 is 2. The van der Waals surface area contributed by atoms with E-state index in [4.69, 9.17) is 18.9 Å². The van der Waals surface area contributed by atoms with Gasteiger partial charge in [0.25, 0.3) is 0 Å². The van der Waals surface area contributed by atoms with E-state index in [2.05, 4.69) is 30.5 Å². The number of carbonyl (C=O) groups excluding carboxylic acids is 1. The van der Waals surface area contributed by atoms with E-state index in [0.29, 0.717) is 23.7 Å². The van der Waals surface area contributed by atoms with Crippen molar-refractivity contribution in [3.05, 3.63) is 52.6 Å². The van der Waals surface area contributed by atoms with E-state index < -0.39 is 0 Å². The van der Waals surface area contributed by atoms with Crippen LogP contribution in [0.5, 0.6) is 11.5 Å². The van der Waals surface area contributed by atoms with Crippen LogP contribution < -0.4 is 9.47 Å². The van der Waals surface area contributed by atoms with Crippen molar-refractivity contribution in [1.82, 2.24) is 4.57 Å². The third kappa shape index (κ3) is 4.23. The summed E-state index contributed by atoms with van der Waals surface area (Å²) in [6.45, 7) is 8.15.